The Bertz CT molecular complexity index is 430. The van der Waals surface area contributed by atoms with Gasteiger partial charge in [-0.1, -0.05) is 18.2 Å². The molecule has 2 nitrogen and oxygen atoms in total. The van der Waals surface area contributed by atoms with E-state index in [9.17, 15) is 0 Å². The van der Waals surface area contributed by atoms with Gasteiger partial charge in [0.1, 0.15) is 11.4 Å². The highest BCUT2D eigenvalue weighted by molar-refractivity contribution is 5.72. The predicted octanol–water partition coefficient (Wildman–Crippen LogP) is 2.60. The van der Waals surface area contributed by atoms with Gasteiger partial charge in [-0.3, -0.25) is 0 Å². The van der Waals surface area contributed by atoms with Gasteiger partial charge < -0.3 is 10.1 Å². The second-order valence-electron chi connectivity index (χ2n) is 4.74. The Balaban J connectivity index is 2.01. The molecule has 0 aromatic heterocycles. The maximum Gasteiger partial charge on any atom is 0.130 e. The van der Waals surface area contributed by atoms with Crippen LogP contribution in [0.3, 0.4) is 0 Å². The van der Waals surface area contributed by atoms with Crippen molar-refractivity contribution in [3.63, 3.8) is 0 Å². The molecule has 0 aliphatic carbocycles. The van der Waals surface area contributed by atoms with E-state index in [0.29, 0.717) is 0 Å². The lowest BCUT2D eigenvalue weighted by Crippen LogP contribution is -2.46. The van der Waals surface area contributed by atoms with Crippen LogP contribution in [0.1, 0.15) is 25.3 Å². The standard InChI is InChI=1S/C14H17NO/c1-11-10-14(6-8-15-9-7-14)16-13-5-3-2-4-12(11)13/h2-5,10,15H,6-9H2,1H3. The summed E-state index contributed by atoms with van der Waals surface area (Å²) in [5.41, 5.74) is 2.54. The van der Waals surface area contributed by atoms with E-state index in [2.05, 4.69) is 36.5 Å². The highest BCUT2D eigenvalue weighted by Crippen LogP contribution is 2.39. The van der Waals surface area contributed by atoms with E-state index in [-0.39, 0.29) is 5.60 Å². The monoisotopic (exact) mass is 215 g/mol. The Morgan fingerprint density at radius 2 is 1.94 bits per heavy atom. The minimum absolute atomic E-state index is 0.0519. The van der Waals surface area contributed by atoms with Crippen LogP contribution >= 0.6 is 0 Å². The van der Waals surface area contributed by atoms with Crippen LogP contribution < -0.4 is 10.1 Å². The van der Waals surface area contributed by atoms with Gasteiger partial charge in [-0.15, -0.1) is 0 Å². The molecule has 2 aliphatic heterocycles. The maximum absolute atomic E-state index is 6.21. The van der Waals surface area contributed by atoms with Crippen LogP contribution in [0.4, 0.5) is 0 Å². The lowest BCUT2D eigenvalue weighted by atomic mass is 9.86. The molecule has 0 atom stereocenters. The molecular weight excluding hydrogens is 198 g/mol. The fourth-order valence-electron chi connectivity index (χ4n) is 2.70. The van der Waals surface area contributed by atoms with Gasteiger partial charge in [-0.05, 0) is 37.7 Å². The minimum atomic E-state index is -0.0519. The molecule has 1 aromatic rings. The molecule has 3 rings (SSSR count). The zero-order valence-corrected chi connectivity index (χ0v) is 9.62. The summed E-state index contributed by atoms with van der Waals surface area (Å²) >= 11 is 0. The SMILES string of the molecule is CC1=CC2(CCNCC2)Oc2ccccc21. The lowest BCUT2D eigenvalue weighted by Gasteiger charge is -2.39. The molecule has 1 fully saturated rings. The first-order chi connectivity index (χ1) is 7.79. The molecule has 2 heteroatoms. The lowest BCUT2D eigenvalue weighted by molar-refractivity contribution is 0.0815. The first-order valence-corrected chi connectivity index (χ1v) is 5.98. The molecule has 2 aliphatic rings. The van der Waals surface area contributed by atoms with Crippen molar-refractivity contribution < 1.29 is 4.74 Å². The highest BCUT2D eigenvalue weighted by Gasteiger charge is 2.35. The molecule has 2 heterocycles. The van der Waals surface area contributed by atoms with Crippen molar-refractivity contribution >= 4 is 5.57 Å². The van der Waals surface area contributed by atoms with Gasteiger partial charge in [0.15, 0.2) is 0 Å². The summed E-state index contributed by atoms with van der Waals surface area (Å²) in [4.78, 5) is 0. The van der Waals surface area contributed by atoms with Crippen LogP contribution in [-0.4, -0.2) is 18.7 Å². The third kappa shape index (κ3) is 1.54. The summed E-state index contributed by atoms with van der Waals surface area (Å²) in [6.07, 6.45) is 4.45. The van der Waals surface area contributed by atoms with Gasteiger partial charge in [0.25, 0.3) is 0 Å². The summed E-state index contributed by atoms with van der Waals surface area (Å²) in [6, 6.07) is 8.33. The quantitative estimate of drug-likeness (QED) is 0.718. The normalized spacial score (nSPS) is 22.2. The van der Waals surface area contributed by atoms with Gasteiger partial charge in [0.2, 0.25) is 0 Å². The second kappa shape index (κ2) is 3.63. The van der Waals surface area contributed by atoms with Crippen molar-refractivity contribution in [1.29, 1.82) is 0 Å². The van der Waals surface area contributed by atoms with Crippen LogP contribution in [0.25, 0.3) is 5.57 Å². The fourth-order valence-corrected chi connectivity index (χ4v) is 2.70. The third-order valence-corrected chi connectivity index (χ3v) is 3.55. The number of benzene rings is 1. The van der Waals surface area contributed by atoms with Crippen LogP contribution in [0.2, 0.25) is 0 Å². The van der Waals surface area contributed by atoms with Crippen molar-refractivity contribution in [2.75, 3.05) is 13.1 Å². The topological polar surface area (TPSA) is 21.3 Å². The Labute approximate surface area is 96.3 Å². The number of nitrogens with one attached hydrogen (secondary N) is 1. The fraction of sp³-hybridized carbons (Fsp3) is 0.429. The van der Waals surface area contributed by atoms with Crippen LogP contribution in [0, 0.1) is 0 Å². The number of hydrogen-bond acceptors (Lipinski definition) is 2. The number of allylic oxidation sites excluding steroid dienone is 1. The van der Waals surface area contributed by atoms with E-state index >= 15 is 0 Å². The Morgan fingerprint density at radius 1 is 1.19 bits per heavy atom. The summed E-state index contributed by atoms with van der Waals surface area (Å²) in [5.74, 6) is 1.05. The smallest absolute Gasteiger partial charge is 0.130 e. The van der Waals surface area contributed by atoms with E-state index in [0.717, 1.165) is 31.7 Å². The van der Waals surface area contributed by atoms with Crippen molar-refractivity contribution in [2.24, 2.45) is 0 Å². The number of piperidine rings is 1. The van der Waals surface area contributed by atoms with Crippen molar-refractivity contribution in [3.05, 3.63) is 35.9 Å². The number of rotatable bonds is 0. The molecule has 0 unspecified atom stereocenters. The molecule has 1 saturated heterocycles. The molecule has 1 aromatic carbocycles. The molecular formula is C14H17NO. The van der Waals surface area contributed by atoms with E-state index in [1.807, 2.05) is 6.07 Å². The summed E-state index contributed by atoms with van der Waals surface area (Å²) in [6.45, 7) is 4.28. The molecule has 0 saturated carbocycles. The maximum atomic E-state index is 6.21. The van der Waals surface area contributed by atoms with Crippen LogP contribution in [0.5, 0.6) is 5.75 Å². The molecule has 1 N–H and O–H groups in total. The van der Waals surface area contributed by atoms with Crippen molar-refractivity contribution in [3.8, 4) is 5.75 Å². The van der Waals surface area contributed by atoms with Crippen LogP contribution in [-0.2, 0) is 0 Å². The first-order valence-electron chi connectivity index (χ1n) is 5.98. The minimum Gasteiger partial charge on any atom is -0.482 e. The van der Waals surface area contributed by atoms with Gasteiger partial charge in [-0.2, -0.15) is 0 Å². The highest BCUT2D eigenvalue weighted by atomic mass is 16.5. The second-order valence-corrected chi connectivity index (χ2v) is 4.74. The zero-order valence-electron chi connectivity index (χ0n) is 9.62. The third-order valence-electron chi connectivity index (χ3n) is 3.55. The van der Waals surface area contributed by atoms with E-state index in [1.54, 1.807) is 0 Å². The molecule has 16 heavy (non-hydrogen) atoms. The van der Waals surface area contributed by atoms with Crippen molar-refractivity contribution in [1.82, 2.24) is 5.32 Å². The first kappa shape index (κ1) is 9.91. The number of para-hydroxylation sites is 1. The average Bonchev–Trinajstić information content (AvgIpc) is 2.30. The van der Waals surface area contributed by atoms with E-state index < -0.39 is 0 Å². The number of ether oxygens (including phenoxy) is 1. The largest absolute Gasteiger partial charge is 0.482 e. The molecule has 0 amide bonds. The van der Waals surface area contributed by atoms with Gasteiger partial charge in [0, 0.05) is 18.4 Å². The molecule has 0 radical (unpaired) electrons. The van der Waals surface area contributed by atoms with Gasteiger partial charge in [-0.25, -0.2) is 0 Å². The zero-order chi connectivity index (χ0) is 11.0. The van der Waals surface area contributed by atoms with E-state index in [1.165, 1.54) is 11.1 Å². The summed E-state index contributed by atoms with van der Waals surface area (Å²) < 4.78 is 6.21. The predicted molar refractivity (Wildman–Crippen MR) is 65.6 cm³/mol. The Hall–Kier alpha value is -1.28. The molecule has 0 bridgehead atoms. The average molecular weight is 215 g/mol. The summed E-state index contributed by atoms with van der Waals surface area (Å²) in [7, 11) is 0. The van der Waals surface area contributed by atoms with Gasteiger partial charge >= 0.3 is 0 Å². The van der Waals surface area contributed by atoms with Gasteiger partial charge in [0.05, 0.1) is 0 Å². The Morgan fingerprint density at radius 3 is 2.75 bits per heavy atom. The molecule has 1 spiro atoms. The van der Waals surface area contributed by atoms with Crippen molar-refractivity contribution in [2.45, 2.75) is 25.4 Å². The number of hydrogen-bond donors (Lipinski definition) is 1. The molecule has 84 valence electrons. The Kier molecular flexibility index (Phi) is 2.25. The van der Waals surface area contributed by atoms with Crippen LogP contribution in [0.15, 0.2) is 30.3 Å². The summed E-state index contributed by atoms with van der Waals surface area (Å²) in [5, 5.41) is 3.39. The number of fused-ring (bicyclic) bond motifs is 1. The van der Waals surface area contributed by atoms with E-state index in [4.69, 9.17) is 4.74 Å².